The predicted octanol–water partition coefficient (Wildman–Crippen LogP) is 3.58. The lowest BCUT2D eigenvalue weighted by Crippen LogP contribution is -2.19. The van der Waals surface area contributed by atoms with E-state index in [0.717, 1.165) is 0 Å². The lowest BCUT2D eigenvalue weighted by atomic mass is 10.3. The second-order valence-electron chi connectivity index (χ2n) is 5.63. The van der Waals surface area contributed by atoms with E-state index >= 15 is 0 Å². The van der Waals surface area contributed by atoms with E-state index in [1.165, 1.54) is 43.8 Å². The van der Waals surface area contributed by atoms with Gasteiger partial charge in [0.1, 0.15) is 0 Å². The third-order valence-electron chi connectivity index (χ3n) is 3.59. The average molecular weight is 434 g/mol. The molecule has 0 bridgehead atoms. The Morgan fingerprint density at radius 3 is 2.38 bits per heavy atom. The molecule has 0 atom stereocenters. The van der Waals surface area contributed by atoms with Gasteiger partial charge in [-0.15, -0.1) is 0 Å². The number of benzene rings is 2. The maximum atomic E-state index is 12.5. The van der Waals surface area contributed by atoms with Crippen molar-refractivity contribution in [1.82, 2.24) is 9.97 Å². The number of carbonyl (C=O) groups excluding carboxylic acids is 1. The monoisotopic (exact) mass is 433 g/mol. The van der Waals surface area contributed by atoms with E-state index in [1.807, 2.05) is 0 Å². The highest BCUT2D eigenvalue weighted by molar-refractivity contribution is 7.92. The van der Waals surface area contributed by atoms with Gasteiger partial charge in [-0.3, -0.25) is 4.72 Å². The van der Waals surface area contributed by atoms with Crippen LogP contribution >= 0.6 is 11.6 Å². The Kier molecular flexibility index (Phi) is 6.15. The third kappa shape index (κ3) is 5.33. The second kappa shape index (κ2) is 8.76. The topological polar surface area (TPSA) is 122 Å². The largest absolute Gasteiger partial charge is 0.478 e. The molecule has 9 nitrogen and oxygen atoms in total. The van der Waals surface area contributed by atoms with E-state index in [2.05, 4.69) is 25.3 Å². The molecule has 150 valence electrons. The molecule has 0 aliphatic heterocycles. The van der Waals surface area contributed by atoms with Gasteiger partial charge in [-0.1, -0.05) is 17.7 Å². The zero-order chi connectivity index (χ0) is 20.9. The fourth-order valence-electron chi connectivity index (χ4n) is 2.31. The summed E-state index contributed by atoms with van der Waals surface area (Å²) in [5.41, 5.74) is 0.928. The van der Waals surface area contributed by atoms with Crippen LogP contribution in [0.4, 0.5) is 22.0 Å². The number of aromatic nitrogens is 2. The standard InChI is InChI=1S/C18H16ClN5O4S/c1-28-17-16(20-9-10-21-17)24-29(26,27)15-7-5-13(6-8-15)22-18(25)23-14-4-2-3-12(19)11-14/h2-11H,1H3,(H,20,24)(H2,22,23,25). The number of rotatable bonds is 6. The molecule has 2 amide bonds. The van der Waals surface area contributed by atoms with Crippen LogP contribution in [-0.4, -0.2) is 31.5 Å². The Bertz CT molecular complexity index is 1120. The minimum atomic E-state index is -3.92. The van der Waals surface area contributed by atoms with Crippen LogP contribution in [0, 0.1) is 0 Å². The summed E-state index contributed by atoms with van der Waals surface area (Å²) in [5.74, 6) is 0.0187. The lowest BCUT2D eigenvalue weighted by Gasteiger charge is -2.11. The van der Waals surface area contributed by atoms with Crippen molar-refractivity contribution in [2.45, 2.75) is 4.90 Å². The highest BCUT2D eigenvalue weighted by Gasteiger charge is 2.18. The smallest absolute Gasteiger partial charge is 0.323 e. The van der Waals surface area contributed by atoms with Gasteiger partial charge in [-0.25, -0.2) is 23.2 Å². The number of ether oxygens (including phenoxy) is 1. The third-order valence-corrected chi connectivity index (χ3v) is 5.18. The van der Waals surface area contributed by atoms with Crippen molar-refractivity contribution in [3.63, 3.8) is 0 Å². The molecule has 3 aromatic rings. The predicted molar refractivity (Wildman–Crippen MR) is 110 cm³/mol. The number of amides is 2. The molecule has 3 rings (SSSR count). The van der Waals surface area contributed by atoms with Crippen molar-refractivity contribution >= 4 is 44.8 Å². The molecule has 0 unspecified atom stereocenters. The van der Waals surface area contributed by atoms with Crippen molar-refractivity contribution in [3.05, 3.63) is 65.9 Å². The summed E-state index contributed by atoms with van der Waals surface area (Å²) >= 11 is 5.87. The van der Waals surface area contributed by atoms with E-state index in [-0.39, 0.29) is 16.6 Å². The van der Waals surface area contributed by atoms with Gasteiger partial charge in [0.05, 0.1) is 12.0 Å². The fourth-order valence-corrected chi connectivity index (χ4v) is 3.51. The quantitative estimate of drug-likeness (QED) is 0.546. The first kappa shape index (κ1) is 20.4. The first-order chi connectivity index (χ1) is 13.9. The van der Waals surface area contributed by atoms with Crippen LogP contribution in [0.3, 0.4) is 0 Å². The lowest BCUT2D eigenvalue weighted by molar-refractivity contribution is 0.262. The van der Waals surface area contributed by atoms with E-state index in [4.69, 9.17) is 16.3 Å². The van der Waals surface area contributed by atoms with E-state index < -0.39 is 16.1 Å². The number of sulfonamides is 1. The van der Waals surface area contributed by atoms with E-state index in [9.17, 15) is 13.2 Å². The Hall–Kier alpha value is -3.37. The van der Waals surface area contributed by atoms with Crippen molar-refractivity contribution in [2.24, 2.45) is 0 Å². The summed E-state index contributed by atoms with van der Waals surface area (Å²) in [6.45, 7) is 0. The van der Waals surface area contributed by atoms with Gasteiger partial charge in [-0.2, -0.15) is 0 Å². The van der Waals surface area contributed by atoms with Crippen LogP contribution in [0.25, 0.3) is 0 Å². The average Bonchev–Trinajstić information content (AvgIpc) is 2.68. The highest BCUT2D eigenvalue weighted by Crippen LogP contribution is 2.22. The van der Waals surface area contributed by atoms with Gasteiger partial charge in [0.2, 0.25) is 5.82 Å². The van der Waals surface area contributed by atoms with Crippen molar-refractivity contribution < 1.29 is 17.9 Å². The number of urea groups is 1. The van der Waals surface area contributed by atoms with Crippen molar-refractivity contribution in [1.29, 1.82) is 0 Å². The van der Waals surface area contributed by atoms with Gasteiger partial charge in [0.15, 0.2) is 0 Å². The molecule has 1 heterocycles. The molecular formula is C18H16ClN5O4S. The van der Waals surface area contributed by atoms with Gasteiger partial charge >= 0.3 is 6.03 Å². The molecule has 0 saturated heterocycles. The molecule has 1 aromatic heterocycles. The van der Waals surface area contributed by atoms with Crippen LogP contribution in [0.15, 0.2) is 65.8 Å². The summed E-state index contributed by atoms with van der Waals surface area (Å²) < 4.78 is 32.4. The summed E-state index contributed by atoms with van der Waals surface area (Å²) in [4.78, 5) is 19.8. The fraction of sp³-hybridized carbons (Fsp3) is 0.0556. The van der Waals surface area contributed by atoms with Crippen LogP contribution in [0.1, 0.15) is 0 Å². The molecule has 0 aliphatic rings. The number of hydrogen-bond acceptors (Lipinski definition) is 6. The van der Waals surface area contributed by atoms with Crippen LogP contribution < -0.4 is 20.1 Å². The van der Waals surface area contributed by atoms with E-state index in [1.54, 1.807) is 24.3 Å². The molecule has 29 heavy (non-hydrogen) atoms. The van der Waals surface area contributed by atoms with Gasteiger partial charge in [0, 0.05) is 28.8 Å². The molecule has 2 aromatic carbocycles. The second-order valence-corrected chi connectivity index (χ2v) is 7.75. The molecule has 0 saturated carbocycles. The van der Waals surface area contributed by atoms with Crippen LogP contribution in [0.2, 0.25) is 5.02 Å². The molecular weight excluding hydrogens is 418 g/mol. The number of halogens is 1. The number of nitrogens with one attached hydrogen (secondary N) is 3. The zero-order valence-electron chi connectivity index (χ0n) is 15.1. The number of hydrogen-bond donors (Lipinski definition) is 3. The van der Waals surface area contributed by atoms with Gasteiger partial charge in [0.25, 0.3) is 15.9 Å². The van der Waals surface area contributed by atoms with Gasteiger partial charge in [-0.05, 0) is 42.5 Å². The Labute approximate surface area is 172 Å². The zero-order valence-corrected chi connectivity index (χ0v) is 16.7. The molecule has 0 spiro atoms. The minimum absolute atomic E-state index is 0.0222. The number of nitrogens with zero attached hydrogens (tertiary/aromatic N) is 2. The summed E-state index contributed by atoms with van der Waals surface area (Å²) in [6.07, 6.45) is 2.72. The molecule has 3 N–H and O–H groups in total. The summed E-state index contributed by atoms with van der Waals surface area (Å²) in [6, 6.07) is 11.8. The molecule has 0 fully saturated rings. The molecule has 0 radical (unpaired) electrons. The van der Waals surface area contributed by atoms with E-state index in [0.29, 0.717) is 16.4 Å². The first-order valence-corrected chi connectivity index (χ1v) is 10.0. The number of carbonyl (C=O) groups is 1. The Morgan fingerprint density at radius 2 is 1.69 bits per heavy atom. The maximum absolute atomic E-state index is 12.5. The van der Waals surface area contributed by atoms with Crippen LogP contribution in [0.5, 0.6) is 5.88 Å². The Morgan fingerprint density at radius 1 is 1.00 bits per heavy atom. The maximum Gasteiger partial charge on any atom is 0.323 e. The van der Waals surface area contributed by atoms with Crippen LogP contribution in [-0.2, 0) is 10.0 Å². The van der Waals surface area contributed by atoms with Crippen molar-refractivity contribution in [3.8, 4) is 5.88 Å². The number of anilines is 3. The van der Waals surface area contributed by atoms with Gasteiger partial charge < -0.3 is 15.4 Å². The summed E-state index contributed by atoms with van der Waals surface area (Å²) in [5, 5.41) is 5.72. The van der Waals surface area contributed by atoms with Crippen molar-refractivity contribution in [2.75, 3.05) is 22.5 Å². The first-order valence-electron chi connectivity index (χ1n) is 8.19. The number of methoxy groups -OCH3 is 1. The highest BCUT2D eigenvalue weighted by atomic mass is 35.5. The minimum Gasteiger partial charge on any atom is -0.478 e. The molecule has 0 aliphatic carbocycles. The normalized spacial score (nSPS) is 10.8. The SMILES string of the molecule is COc1nccnc1NS(=O)(=O)c1ccc(NC(=O)Nc2cccc(Cl)c2)cc1. The summed E-state index contributed by atoms with van der Waals surface area (Å²) in [7, 11) is -2.56. The Balaban J connectivity index is 1.68. The molecule has 11 heteroatoms.